The van der Waals surface area contributed by atoms with E-state index in [1.54, 1.807) is 42.5 Å². The Balaban J connectivity index is 1.72. The van der Waals surface area contributed by atoms with Crippen molar-refractivity contribution in [2.75, 3.05) is 25.0 Å². The molecule has 1 N–H and O–H groups in total. The Labute approximate surface area is 165 Å². The van der Waals surface area contributed by atoms with Crippen LogP contribution in [0.15, 0.2) is 66.1 Å². The average Bonchev–Trinajstić information content (AvgIpc) is 2.74. The molecular formula is C21H24N2O4S. The van der Waals surface area contributed by atoms with Crippen molar-refractivity contribution in [1.82, 2.24) is 4.31 Å². The number of hydrogen-bond acceptors (Lipinski definition) is 4. The summed E-state index contributed by atoms with van der Waals surface area (Å²) in [5.41, 5.74) is 0.894. The van der Waals surface area contributed by atoms with Crippen molar-refractivity contribution < 1.29 is 17.9 Å². The highest BCUT2D eigenvalue weighted by Crippen LogP contribution is 2.22. The molecule has 1 heterocycles. The van der Waals surface area contributed by atoms with Gasteiger partial charge in [0.1, 0.15) is 12.4 Å². The molecule has 0 radical (unpaired) electrons. The van der Waals surface area contributed by atoms with Crippen LogP contribution >= 0.6 is 0 Å². The van der Waals surface area contributed by atoms with Crippen LogP contribution in [0, 0.1) is 0 Å². The maximum atomic E-state index is 12.8. The lowest BCUT2D eigenvalue weighted by Gasteiger charge is -2.26. The quantitative estimate of drug-likeness (QED) is 0.720. The number of nitrogens with one attached hydrogen (secondary N) is 1. The van der Waals surface area contributed by atoms with Crippen molar-refractivity contribution >= 4 is 21.6 Å². The predicted molar refractivity (Wildman–Crippen MR) is 109 cm³/mol. The molecule has 0 bridgehead atoms. The summed E-state index contributed by atoms with van der Waals surface area (Å²) in [6.07, 6.45) is 4.43. The van der Waals surface area contributed by atoms with Gasteiger partial charge in [0, 0.05) is 24.3 Å². The first-order chi connectivity index (χ1) is 13.5. The van der Waals surface area contributed by atoms with Gasteiger partial charge in [-0.15, -0.1) is 0 Å². The first kappa shape index (κ1) is 20.1. The van der Waals surface area contributed by atoms with Gasteiger partial charge in [0.25, 0.3) is 5.91 Å². The Kier molecular flexibility index (Phi) is 6.49. The second-order valence-corrected chi connectivity index (χ2v) is 8.51. The number of carbonyl (C=O) groups is 1. The van der Waals surface area contributed by atoms with E-state index in [4.69, 9.17) is 4.74 Å². The molecule has 2 aromatic carbocycles. The number of nitrogens with zero attached hydrogens (tertiary/aromatic N) is 1. The lowest BCUT2D eigenvalue weighted by molar-refractivity contribution is 0.102. The normalized spacial score (nSPS) is 15.0. The van der Waals surface area contributed by atoms with Gasteiger partial charge < -0.3 is 10.1 Å². The monoisotopic (exact) mass is 400 g/mol. The Bertz CT molecular complexity index is 933. The third-order valence-electron chi connectivity index (χ3n) is 4.53. The number of piperidine rings is 1. The molecular weight excluding hydrogens is 376 g/mol. The van der Waals surface area contributed by atoms with Crippen molar-refractivity contribution in [3.8, 4) is 5.75 Å². The van der Waals surface area contributed by atoms with Crippen molar-refractivity contribution in [3.05, 3.63) is 66.7 Å². The Morgan fingerprint density at radius 3 is 2.50 bits per heavy atom. The van der Waals surface area contributed by atoms with E-state index in [1.165, 1.54) is 16.4 Å². The van der Waals surface area contributed by atoms with Gasteiger partial charge in [0.05, 0.1) is 4.90 Å². The van der Waals surface area contributed by atoms with Crippen LogP contribution in [-0.2, 0) is 10.0 Å². The van der Waals surface area contributed by atoms with Crippen molar-refractivity contribution in [1.29, 1.82) is 0 Å². The van der Waals surface area contributed by atoms with Gasteiger partial charge in [0.2, 0.25) is 10.0 Å². The lowest BCUT2D eigenvalue weighted by atomic mass is 10.2. The van der Waals surface area contributed by atoms with Crippen LogP contribution < -0.4 is 10.1 Å². The highest BCUT2D eigenvalue weighted by Gasteiger charge is 2.26. The summed E-state index contributed by atoms with van der Waals surface area (Å²) in [7, 11) is -3.58. The minimum Gasteiger partial charge on any atom is -0.490 e. The molecule has 3 rings (SSSR count). The molecule has 2 aromatic rings. The fourth-order valence-electron chi connectivity index (χ4n) is 3.05. The molecule has 28 heavy (non-hydrogen) atoms. The van der Waals surface area contributed by atoms with E-state index in [0.717, 1.165) is 19.3 Å². The summed E-state index contributed by atoms with van der Waals surface area (Å²) in [5.74, 6) is 0.308. The number of amides is 1. The van der Waals surface area contributed by atoms with E-state index >= 15 is 0 Å². The summed E-state index contributed by atoms with van der Waals surface area (Å²) in [6.45, 7) is 5.05. The van der Waals surface area contributed by atoms with Crippen LogP contribution in [0.1, 0.15) is 29.6 Å². The molecule has 6 nitrogen and oxygen atoms in total. The highest BCUT2D eigenvalue weighted by atomic mass is 32.2. The first-order valence-electron chi connectivity index (χ1n) is 9.26. The molecule has 0 atom stereocenters. The Morgan fingerprint density at radius 2 is 1.82 bits per heavy atom. The van der Waals surface area contributed by atoms with Crippen LogP contribution in [0.2, 0.25) is 0 Å². The summed E-state index contributed by atoms with van der Waals surface area (Å²) in [6, 6.07) is 13.1. The zero-order chi connectivity index (χ0) is 20.0. The van der Waals surface area contributed by atoms with E-state index < -0.39 is 10.0 Å². The van der Waals surface area contributed by atoms with Gasteiger partial charge in [0.15, 0.2) is 0 Å². The zero-order valence-electron chi connectivity index (χ0n) is 15.6. The van der Waals surface area contributed by atoms with E-state index in [-0.39, 0.29) is 10.8 Å². The van der Waals surface area contributed by atoms with E-state index in [9.17, 15) is 13.2 Å². The molecule has 1 fully saturated rings. The number of sulfonamides is 1. The number of hydrogen-bond donors (Lipinski definition) is 1. The maximum absolute atomic E-state index is 12.8. The molecule has 1 aliphatic heterocycles. The largest absolute Gasteiger partial charge is 0.490 e. The highest BCUT2D eigenvalue weighted by molar-refractivity contribution is 7.89. The van der Waals surface area contributed by atoms with Gasteiger partial charge in [-0.25, -0.2) is 8.42 Å². The van der Waals surface area contributed by atoms with E-state index in [0.29, 0.717) is 36.7 Å². The van der Waals surface area contributed by atoms with Crippen molar-refractivity contribution in [3.63, 3.8) is 0 Å². The van der Waals surface area contributed by atoms with Crippen molar-refractivity contribution in [2.24, 2.45) is 0 Å². The summed E-state index contributed by atoms with van der Waals surface area (Å²) >= 11 is 0. The van der Waals surface area contributed by atoms with Crippen LogP contribution in [0.25, 0.3) is 0 Å². The molecule has 1 amide bonds. The smallest absolute Gasteiger partial charge is 0.255 e. The van der Waals surface area contributed by atoms with Gasteiger partial charge >= 0.3 is 0 Å². The Morgan fingerprint density at radius 1 is 1.11 bits per heavy atom. The molecule has 0 aliphatic carbocycles. The number of anilines is 1. The Hall–Kier alpha value is -2.64. The van der Waals surface area contributed by atoms with Gasteiger partial charge in [-0.2, -0.15) is 4.31 Å². The van der Waals surface area contributed by atoms with E-state index in [1.807, 2.05) is 0 Å². The van der Waals surface area contributed by atoms with E-state index in [2.05, 4.69) is 11.9 Å². The molecule has 1 saturated heterocycles. The number of benzene rings is 2. The molecule has 0 spiro atoms. The van der Waals surface area contributed by atoms with Crippen LogP contribution in [0.5, 0.6) is 5.75 Å². The first-order valence-corrected chi connectivity index (χ1v) is 10.7. The fourth-order valence-corrected chi connectivity index (χ4v) is 4.61. The second-order valence-electron chi connectivity index (χ2n) is 6.57. The summed E-state index contributed by atoms with van der Waals surface area (Å²) in [4.78, 5) is 12.7. The lowest BCUT2D eigenvalue weighted by Crippen LogP contribution is -2.35. The zero-order valence-corrected chi connectivity index (χ0v) is 16.5. The summed E-state index contributed by atoms with van der Waals surface area (Å²) in [5, 5.41) is 2.78. The fraction of sp³-hybridized carbons (Fsp3) is 0.286. The van der Waals surface area contributed by atoms with Gasteiger partial charge in [-0.1, -0.05) is 25.1 Å². The molecule has 7 heteroatoms. The maximum Gasteiger partial charge on any atom is 0.255 e. The minimum atomic E-state index is -3.58. The number of ether oxygens (including phenoxy) is 1. The average molecular weight is 401 g/mol. The molecule has 0 unspecified atom stereocenters. The molecule has 0 aromatic heterocycles. The van der Waals surface area contributed by atoms with Gasteiger partial charge in [-0.05, 0) is 55.3 Å². The van der Waals surface area contributed by atoms with Crippen LogP contribution in [0.3, 0.4) is 0 Å². The van der Waals surface area contributed by atoms with Crippen LogP contribution in [-0.4, -0.2) is 38.3 Å². The van der Waals surface area contributed by atoms with Crippen molar-refractivity contribution in [2.45, 2.75) is 24.2 Å². The standard InChI is InChI=1S/C21H24N2O4S/c1-2-15-27-19-11-9-18(10-12-19)22-21(24)17-7-6-8-20(16-17)28(25,26)23-13-4-3-5-14-23/h2,6-12,16H,1,3-5,13-15H2,(H,22,24). The van der Waals surface area contributed by atoms with Crippen LogP contribution in [0.4, 0.5) is 5.69 Å². The second kappa shape index (κ2) is 9.03. The molecule has 0 saturated carbocycles. The topological polar surface area (TPSA) is 75.7 Å². The predicted octanol–water partition coefficient (Wildman–Crippen LogP) is 3.68. The SMILES string of the molecule is C=CCOc1ccc(NC(=O)c2cccc(S(=O)(=O)N3CCCCC3)c2)cc1. The summed E-state index contributed by atoms with van der Waals surface area (Å²) < 4.78 is 32.5. The minimum absolute atomic E-state index is 0.148. The number of carbonyl (C=O) groups excluding carboxylic acids is 1. The third-order valence-corrected chi connectivity index (χ3v) is 6.42. The van der Waals surface area contributed by atoms with Gasteiger partial charge in [-0.3, -0.25) is 4.79 Å². The molecule has 148 valence electrons. The third kappa shape index (κ3) is 4.79. The molecule has 1 aliphatic rings. The number of rotatable bonds is 7.